The molecule has 0 atom stereocenters. The summed E-state index contributed by atoms with van der Waals surface area (Å²) in [5, 5.41) is 0. The molecular weight excluding hydrogens is 246 g/mol. The Balaban J connectivity index is 2.61. The van der Waals surface area contributed by atoms with Crippen molar-refractivity contribution in [3.8, 4) is 0 Å². The standard InChI is InChI=1S/C14H13NO4/c1-8-10(9-6-4-5-7-15-9)12(17)14(19-3)13(18-2)11(8)16/h4-7H,1-3H3. The van der Waals surface area contributed by atoms with Gasteiger partial charge in [-0.15, -0.1) is 0 Å². The minimum absolute atomic E-state index is 0.0651. The van der Waals surface area contributed by atoms with Crippen molar-refractivity contribution < 1.29 is 19.1 Å². The summed E-state index contributed by atoms with van der Waals surface area (Å²) >= 11 is 0. The highest BCUT2D eigenvalue weighted by atomic mass is 16.5. The molecule has 0 N–H and O–H groups in total. The Bertz CT molecular complexity index is 599. The van der Waals surface area contributed by atoms with Gasteiger partial charge in [-0.05, 0) is 19.1 Å². The molecule has 0 spiro atoms. The number of methoxy groups -OCH3 is 2. The quantitative estimate of drug-likeness (QED) is 0.770. The Hall–Kier alpha value is -2.43. The lowest BCUT2D eigenvalue weighted by atomic mass is 9.91. The number of aromatic nitrogens is 1. The van der Waals surface area contributed by atoms with Gasteiger partial charge in [0.25, 0.3) is 0 Å². The third-order valence-corrected chi connectivity index (χ3v) is 2.89. The van der Waals surface area contributed by atoms with Crippen LogP contribution in [0.1, 0.15) is 12.6 Å². The molecule has 0 saturated carbocycles. The molecule has 0 bridgehead atoms. The molecular formula is C14H13NO4. The fraction of sp³-hybridized carbons (Fsp3) is 0.214. The Morgan fingerprint density at radius 1 is 1.00 bits per heavy atom. The van der Waals surface area contributed by atoms with Crippen molar-refractivity contribution in [2.75, 3.05) is 14.2 Å². The second-order valence-electron chi connectivity index (χ2n) is 3.94. The van der Waals surface area contributed by atoms with Crippen LogP contribution in [0.3, 0.4) is 0 Å². The molecule has 0 aliphatic heterocycles. The third-order valence-electron chi connectivity index (χ3n) is 2.89. The van der Waals surface area contributed by atoms with E-state index in [9.17, 15) is 9.59 Å². The summed E-state index contributed by atoms with van der Waals surface area (Å²) in [5.74, 6) is -0.904. The van der Waals surface area contributed by atoms with Crippen molar-refractivity contribution in [2.45, 2.75) is 6.92 Å². The fourth-order valence-electron chi connectivity index (χ4n) is 1.96. The zero-order valence-electron chi connectivity index (χ0n) is 10.9. The van der Waals surface area contributed by atoms with Gasteiger partial charge in [-0.3, -0.25) is 14.6 Å². The Morgan fingerprint density at radius 3 is 2.16 bits per heavy atom. The summed E-state index contributed by atoms with van der Waals surface area (Å²) < 4.78 is 9.96. The number of nitrogens with zero attached hydrogens (tertiary/aromatic N) is 1. The van der Waals surface area contributed by atoms with Gasteiger partial charge < -0.3 is 9.47 Å². The maximum absolute atomic E-state index is 12.4. The summed E-state index contributed by atoms with van der Waals surface area (Å²) in [6, 6.07) is 5.17. The van der Waals surface area contributed by atoms with Gasteiger partial charge in [0, 0.05) is 11.8 Å². The highest BCUT2D eigenvalue weighted by Gasteiger charge is 2.35. The van der Waals surface area contributed by atoms with Crippen LogP contribution in [0.4, 0.5) is 0 Å². The Kier molecular flexibility index (Phi) is 3.46. The number of carbonyl (C=O) groups is 2. The van der Waals surface area contributed by atoms with E-state index in [0.29, 0.717) is 11.3 Å². The van der Waals surface area contributed by atoms with Crippen LogP contribution >= 0.6 is 0 Å². The predicted octanol–water partition coefficient (Wildman–Crippen LogP) is 1.51. The second-order valence-corrected chi connectivity index (χ2v) is 3.94. The summed E-state index contributed by atoms with van der Waals surface area (Å²) in [7, 11) is 2.66. The zero-order valence-corrected chi connectivity index (χ0v) is 10.9. The van der Waals surface area contributed by atoms with Gasteiger partial charge in [0.05, 0.1) is 25.5 Å². The van der Waals surface area contributed by atoms with E-state index in [2.05, 4.69) is 4.98 Å². The van der Waals surface area contributed by atoms with E-state index in [1.54, 1.807) is 31.3 Å². The number of rotatable bonds is 3. The molecule has 1 aliphatic rings. The number of ether oxygens (including phenoxy) is 2. The summed E-state index contributed by atoms with van der Waals surface area (Å²) in [6.45, 7) is 1.58. The largest absolute Gasteiger partial charge is 0.489 e. The van der Waals surface area contributed by atoms with Gasteiger partial charge in [0.2, 0.25) is 23.1 Å². The topological polar surface area (TPSA) is 65.5 Å². The molecule has 1 aromatic rings. The molecule has 0 amide bonds. The van der Waals surface area contributed by atoms with Crippen molar-refractivity contribution in [3.05, 3.63) is 47.2 Å². The molecule has 0 fully saturated rings. The SMILES string of the molecule is COC1=C(OC)C(=O)C(c2ccccn2)=C(C)C1=O. The number of carbonyl (C=O) groups excluding carboxylic acids is 2. The first-order valence-corrected chi connectivity index (χ1v) is 5.65. The maximum atomic E-state index is 12.4. The van der Waals surface area contributed by atoms with Crippen LogP contribution < -0.4 is 0 Å². The zero-order chi connectivity index (χ0) is 14.0. The maximum Gasteiger partial charge on any atom is 0.234 e. The molecule has 0 radical (unpaired) electrons. The monoisotopic (exact) mass is 259 g/mol. The third kappa shape index (κ3) is 2.03. The smallest absolute Gasteiger partial charge is 0.234 e. The number of pyridine rings is 1. The normalized spacial score (nSPS) is 15.9. The van der Waals surface area contributed by atoms with Gasteiger partial charge in [0.15, 0.2) is 0 Å². The van der Waals surface area contributed by atoms with Crippen LogP contribution in [0.25, 0.3) is 5.57 Å². The molecule has 1 heterocycles. The van der Waals surface area contributed by atoms with Crippen LogP contribution in [-0.2, 0) is 19.1 Å². The molecule has 0 unspecified atom stereocenters. The van der Waals surface area contributed by atoms with Crippen molar-refractivity contribution in [2.24, 2.45) is 0 Å². The molecule has 98 valence electrons. The van der Waals surface area contributed by atoms with Crippen LogP contribution in [-0.4, -0.2) is 30.8 Å². The molecule has 0 saturated heterocycles. The fourth-order valence-corrected chi connectivity index (χ4v) is 1.96. The number of hydrogen-bond donors (Lipinski definition) is 0. The lowest BCUT2D eigenvalue weighted by Crippen LogP contribution is -2.24. The lowest BCUT2D eigenvalue weighted by Gasteiger charge is -2.19. The predicted molar refractivity (Wildman–Crippen MR) is 67.9 cm³/mol. The number of allylic oxidation sites excluding steroid dienone is 2. The van der Waals surface area contributed by atoms with Crippen molar-refractivity contribution in [3.63, 3.8) is 0 Å². The van der Waals surface area contributed by atoms with Crippen molar-refractivity contribution >= 4 is 17.1 Å². The highest BCUT2D eigenvalue weighted by molar-refractivity contribution is 6.37. The Morgan fingerprint density at radius 2 is 1.63 bits per heavy atom. The minimum Gasteiger partial charge on any atom is -0.489 e. The number of Topliss-reactive ketones (excluding diaryl/α,β-unsaturated/α-hetero) is 2. The first-order valence-electron chi connectivity index (χ1n) is 5.65. The van der Waals surface area contributed by atoms with E-state index < -0.39 is 5.78 Å². The first-order chi connectivity index (χ1) is 9.11. The van der Waals surface area contributed by atoms with Crippen LogP contribution in [0.2, 0.25) is 0 Å². The second kappa shape index (κ2) is 5.06. The molecule has 5 nitrogen and oxygen atoms in total. The van der Waals surface area contributed by atoms with E-state index in [1.807, 2.05) is 0 Å². The molecule has 19 heavy (non-hydrogen) atoms. The average Bonchev–Trinajstić information content (AvgIpc) is 2.44. The van der Waals surface area contributed by atoms with Crippen LogP contribution in [0.5, 0.6) is 0 Å². The van der Waals surface area contributed by atoms with Gasteiger partial charge in [0.1, 0.15) is 0 Å². The molecule has 2 rings (SSSR count). The molecule has 0 aromatic carbocycles. The lowest BCUT2D eigenvalue weighted by molar-refractivity contribution is -0.119. The Labute approximate surface area is 110 Å². The minimum atomic E-state index is -0.393. The van der Waals surface area contributed by atoms with Crippen LogP contribution in [0.15, 0.2) is 41.5 Å². The van der Waals surface area contributed by atoms with Crippen molar-refractivity contribution in [1.29, 1.82) is 0 Å². The summed E-state index contributed by atoms with van der Waals surface area (Å²) in [5.41, 5.74) is 1.01. The van der Waals surface area contributed by atoms with Gasteiger partial charge >= 0.3 is 0 Å². The summed E-state index contributed by atoms with van der Waals surface area (Å²) in [4.78, 5) is 28.6. The van der Waals surface area contributed by atoms with Gasteiger partial charge in [-0.2, -0.15) is 0 Å². The molecule has 5 heteroatoms. The number of ketones is 2. The molecule has 1 aromatic heterocycles. The van der Waals surface area contributed by atoms with E-state index >= 15 is 0 Å². The van der Waals surface area contributed by atoms with Crippen molar-refractivity contribution in [1.82, 2.24) is 4.98 Å². The van der Waals surface area contributed by atoms with Crippen LogP contribution in [0, 0.1) is 0 Å². The summed E-state index contributed by atoms with van der Waals surface area (Å²) in [6.07, 6.45) is 1.56. The number of hydrogen-bond acceptors (Lipinski definition) is 5. The van der Waals surface area contributed by atoms with E-state index in [-0.39, 0.29) is 22.9 Å². The molecule has 1 aliphatic carbocycles. The first kappa shape index (κ1) is 13.0. The van der Waals surface area contributed by atoms with E-state index in [4.69, 9.17) is 9.47 Å². The van der Waals surface area contributed by atoms with Gasteiger partial charge in [-0.1, -0.05) is 6.07 Å². The highest BCUT2D eigenvalue weighted by Crippen LogP contribution is 2.30. The van der Waals surface area contributed by atoms with E-state index in [0.717, 1.165) is 0 Å². The van der Waals surface area contributed by atoms with Gasteiger partial charge in [-0.25, -0.2) is 0 Å². The average molecular weight is 259 g/mol. The van der Waals surface area contributed by atoms with E-state index in [1.165, 1.54) is 14.2 Å².